The number of urea groups is 1. The molecular formula is C12H14F2N2O3. The fourth-order valence-corrected chi connectivity index (χ4v) is 1.39. The van der Waals surface area contributed by atoms with Crippen LogP contribution in [0.1, 0.15) is 13.3 Å². The second-order valence-corrected chi connectivity index (χ2v) is 4.16. The van der Waals surface area contributed by atoms with Crippen LogP contribution in [0.3, 0.4) is 0 Å². The minimum atomic E-state index is -0.959. The van der Waals surface area contributed by atoms with E-state index >= 15 is 0 Å². The van der Waals surface area contributed by atoms with Crippen molar-refractivity contribution in [1.29, 1.82) is 0 Å². The van der Waals surface area contributed by atoms with Crippen molar-refractivity contribution in [3.63, 3.8) is 0 Å². The molecule has 0 aliphatic carbocycles. The summed E-state index contributed by atoms with van der Waals surface area (Å²) in [5, 5.41) is 13.1. The van der Waals surface area contributed by atoms with E-state index in [1.54, 1.807) is 6.92 Å². The lowest BCUT2D eigenvalue weighted by Crippen LogP contribution is -2.33. The molecule has 0 heterocycles. The zero-order chi connectivity index (χ0) is 14.4. The van der Waals surface area contributed by atoms with Gasteiger partial charge in [-0.15, -0.1) is 0 Å². The van der Waals surface area contributed by atoms with Crippen molar-refractivity contribution in [3.05, 3.63) is 29.8 Å². The lowest BCUT2D eigenvalue weighted by atomic mass is 10.1. The van der Waals surface area contributed by atoms with Crippen LogP contribution in [0.5, 0.6) is 0 Å². The number of carbonyl (C=O) groups excluding carboxylic acids is 1. The maximum Gasteiger partial charge on any atom is 0.319 e. The van der Waals surface area contributed by atoms with Gasteiger partial charge in [-0.3, -0.25) is 4.79 Å². The maximum absolute atomic E-state index is 13.2. The normalized spacial score (nSPS) is 11.7. The van der Waals surface area contributed by atoms with Crippen LogP contribution in [0.15, 0.2) is 18.2 Å². The third kappa shape index (κ3) is 5.33. The van der Waals surface area contributed by atoms with Gasteiger partial charge in [-0.05, 0) is 18.1 Å². The minimum Gasteiger partial charge on any atom is -0.481 e. The molecule has 3 N–H and O–H groups in total. The molecule has 1 atom stereocenters. The van der Waals surface area contributed by atoms with Gasteiger partial charge in [-0.25, -0.2) is 13.6 Å². The van der Waals surface area contributed by atoms with E-state index in [1.165, 1.54) is 0 Å². The average molecular weight is 272 g/mol. The van der Waals surface area contributed by atoms with Gasteiger partial charge in [0.2, 0.25) is 0 Å². The Morgan fingerprint density at radius 1 is 1.37 bits per heavy atom. The van der Waals surface area contributed by atoms with Crippen LogP contribution in [0.25, 0.3) is 0 Å². The number of benzene rings is 1. The largest absolute Gasteiger partial charge is 0.481 e. The summed E-state index contributed by atoms with van der Waals surface area (Å²) >= 11 is 0. The summed E-state index contributed by atoms with van der Waals surface area (Å²) in [5.41, 5.74) is -0.148. The molecular weight excluding hydrogens is 258 g/mol. The maximum atomic E-state index is 13.2. The monoisotopic (exact) mass is 272 g/mol. The van der Waals surface area contributed by atoms with Crippen LogP contribution in [0.4, 0.5) is 19.3 Å². The number of amides is 2. The molecule has 19 heavy (non-hydrogen) atoms. The van der Waals surface area contributed by atoms with Gasteiger partial charge in [-0.2, -0.15) is 0 Å². The molecule has 104 valence electrons. The van der Waals surface area contributed by atoms with Gasteiger partial charge >= 0.3 is 12.0 Å². The molecule has 0 saturated carbocycles. The second-order valence-electron chi connectivity index (χ2n) is 4.16. The predicted octanol–water partition coefficient (Wildman–Crippen LogP) is 2.20. The summed E-state index contributed by atoms with van der Waals surface area (Å²) in [5.74, 6) is -2.83. The van der Waals surface area contributed by atoms with Crippen LogP contribution in [-0.4, -0.2) is 23.7 Å². The van der Waals surface area contributed by atoms with E-state index in [-0.39, 0.29) is 24.6 Å². The molecule has 0 aromatic heterocycles. The third-order valence-corrected chi connectivity index (χ3v) is 2.31. The van der Waals surface area contributed by atoms with E-state index in [2.05, 4.69) is 10.6 Å². The Hall–Kier alpha value is -2.18. The van der Waals surface area contributed by atoms with Gasteiger partial charge in [0, 0.05) is 19.0 Å². The van der Waals surface area contributed by atoms with Crippen molar-refractivity contribution in [1.82, 2.24) is 5.32 Å². The van der Waals surface area contributed by atoms with Gasteiger partial charge in [0.05, 0.1) is 5.69 Å². The molecule has 2 amide bonds. The molecule has 0 aliphatic rings. The number of rotatable bonds is 5. The van der Waals surface area contributed by atoms with Crippen LogP contribution in [0, 0.1) is 17.6 Å². The van der Waals surface area contributed by atoms with Crippen molar-refractivity contribution in [3.8, 4) is 0 Å². The molecule has 7 heteroatoms. The summed E-state index contributed by atoms with van der Waals surface area (Å²) in [6, 6.07) is 2.10. The Balaban J connectivity index is 2.45. The highest BCUT2D eigenvalue weighted by molar-refractivity contribution is 5.89. The summed E-state index contributed by atoms with van der Waals surface area (Å²) < 4.78 is 25.9. The quantitative estimate of drug-likeness (QED) is 0.768. The second kappa shape index (κ2) is 6.67. The summed E-state index contributed by atoms with van der Waals surface area (Å²) in [6.07, 6.45) is -0.0782. The first-order valence-electron chi connectivity index (χ1n) is 5.60. The molecule has 1 aromatic rings. The standard InChI is InChI=1S/C12H14F2N2O3/c1-7(4-11(17)18)6-15-12(19)16-10-3-2-8(13)5-9(10)14/h2-3,5,7H,4,6H2,1H3,(H,17,18)(H2,15,16,19). The highest BCUT2D eigenvalue weighted by Gasteiger charge is 2.11. The molecule has 0 spiro atoms. The lowest BCUT2D eigenvalue weighted by molar-refractivity contribution is -0.137. The van der Waals surface area contributed by atoms with Gasteiger partial charge in [0.25, 0.3) is 0 Å². The predicted molar refractivity (Wildman–Crippen MR) is 64.8 cm³/mol. The fourth-order valence-electron chi connectivity index (χ4n) is 1.39. The zero-order valence-electron chi connectivity index (χ0n) is 10.2. The van der Waals surface area contributed by atoms with E-state index in [4.69, 9.17) is 5.11 Å². The molecule has 1 rings (SSSR count). The first-order valence-corrected chi connectivity index (χ1v) is 5.60. The topological polar surface area (TPSA) is 78.4 Å². The molecule has 0 saturated heterocycles. The van der Waals surface area contributed by atoms with E-state index < -0.39 is 23.6 Å². The Kier molecular flexibility index (Phi) is 5.23. The number of anilines is 1. The number of hydrogen-bond donors (Lipinski definition) is 3. The van der Waals surface area contributed by atoms with Crippen LogP contribution in [0.2, 0.25) is 0 Å². The van der Waals surface area contributed by atoms with E-state index in [0.29, 0.717) is 6.07 Å². The minimum absolute atomic E-state index is 0.0782. The fraction of sp³-hybridized carbons (Fsp3) is 0.333. The molecule has 5 nitrogen and oxygen atoms in total. The van der Waals surface area contributed by atoms with Crippen molar-refractivity contribution in [2.45, 2.75) is 13.3 Å². The summed E-state index contributed by atoms with van der Waals surface area (Å²) in [7, 11) is 0. The smallest absolute Gasteiger partial charge is 0.319 e. The zero-order valence-corrected chi connectivity index (χ0v) is 10.2. The van der Waals surface area contributed by atoms with E-state index in [9.17, 15) is 18.4 Å². The number of aliphatic carboxylic acids is 1. The number of hydrogen-bond acceptors (Lipinski definition) is 2. The van der Waals surface area contributed by atoms with E-state index in [0.717, 1.165) is 12.1 Å². The average Bonchev–Trinajstić information content (AvgIpc) is 2.29. The highest BCUT2D eigenvalue weighted by atomic mass is 19.1. The number of carboxylic acids is 1. The number of carboxylic acid groups (broad SMARTS) is 1. The van der Waals surface area contributed by atoms with Crippen LogP contribution < -0.4 is 10.6 Å². The van der Waals surface area contributed by atoms with Crippen molar-refractivity contribution >= 4 is 17.7 Å². The molecule has 0 bridgehead atoms. The lowest BCUT2D eigenvalue weighted by Gasteiger charge is -2.11. The molecule has 0 radical (unpaired) electrons. The number of nitrogens with one attached hydrogen (secondary N) is 2. The first kappa shape index (κ1) is 14.9. The number of carbonyl (C=O) groups is 2. The Bertz CT molecular complexity index is 480. The van der Waals surface area contributed by atoms with Crippen LogP contribution >= 0.6 is 0 Å². The molecule has 1 aromatic carbocycles. The van der Waals surface area contributed by atoms with Crippen molar-refractivity contribution < 1.29 is 23.5 Å². The van der Waals surface area contributed by atoms with Gasteiger partial charge in [0.1, 0.15) is 11.6 Å². The van der Waals surface area contributed by atoms with Crippen molar-refractivity contribution in [2.75, 3.05) is 11.9 Å². The molecule has 0 aliphatic heterocycles. The SMILES string of the molecule is CC(CNC(=O)Nc1ccc(F)cc1F)CC(=O)O. The van der Waals surface area contributed by atoms with Gasteiger partial charge in [-0.1, -0.05) is 6.92 Å². The Morgan fingerprint density at radius 3 is 2.63 bits per heavy atom. The highest BCUT2D eigenvalue weighted by Crippen LogP contribution is 2.14. The third-order valence-electron chi connectivity index (χ3n) is 2.31. The Morgan fingerprint density at radius 2 is 2.05 bits per heavy atom. The first-order chi connectivity index (χ1) is 8.88. The van der Waals surface area contributed by atoms with Gasteiger partial charge in [0.15, 0.2) is 0 Å². The number of halogens is 2. The van der Waals surface area contributed by atoms with Crippen molar-refractivity contribution in [2.24, 2.45) is 5.92 Å². The summed E-state index contributed by atoms with van der Waals surface area (Å²) in [6.45, 7) is 1.80. The van der Waals surface area contributed by atoms with Gasteiger partial charge < -0.3 is 15.7 Å². The van der Waals surface area contributed by atoms with Crippen LogP contribution in [-0.2, 0) is 4.79 Å². The molecule has 1 unspecified atom stereocenters. The van der Waals surface area contributed by atoms with E-state index in [1.807, 2.05) is 0 Å². The summed E-state index contributed by atoms with van der Waals surface area (Å²) in [4.78, 5) is 21.8. The Labute approximate surface area is 108 Å². The molecule has 0 fully saturated rings.